The molecule has 1 heterocycles. The molecule has 0 aliphatic heterocycles. The first kappa shape index (κ1) is 15.8. The lowest BCUT2D eigenvalue weighted by Gasteiger charge is -2.15. The monoisotopic (exact) mass is 379 g/mol. The topological polar surface area (TPSA) is 36.4 Å². The minimum Gasteiger partial charge on any atom is -0.356 e. The Hall–Kier alpha value is -0.300. The second-order valence-corrected chi connectivity index (χ2v) is 5.79. The molecule has 0 amide bonds. The summed E-state index contributed by atoms with van der Waals surface area (Å²) in [4.78, 5) is 5.70. The number of aliphatic imine (C=N–C) groups is 1. The molecule has 0 saturated heterocycles. The highest BCUT2D eigenvalue weighted by atomic mass is 127. The lowest BCUT2D eigenvalue weighted by atomic mass is 10.1. The zero-order valence-electron chi connectivity index (χ0n) is 11.0. The largest absolute Gasteiger partial charge is 0.356 e. The van der Waals surface area contributed by atoms with Gasteiger partial charge in [-0.25, -0.2) is 0 Å². The number of nitrogens with one attached hydrogen (secondary N) is 2. The zero-order chi connectivity index (χ0) is 12.1. The van der Waals surface area contributed by atoms with Crippen LogP contribution in [-0.4, -0.2) is 25.6 Å². The first-order chi connectivity index (χ1) is 8.28. The Balaban J connectivity index is 0.00000162. The summed E-state index contributed by atoms with van der Waals surface area (Å²) in [5.41, 5.74) is 0. The zero-order valence-corrected chi connectivity index (χ0v) is 14.1. The van der Waals surface area contributed by atoms with Gasteiger partial charge >= 0.3 is 0 Å². The van der Waals surface area contributed by atoms with Crippen molar-refractivity contribution in [2.45, 2.75) is 32.2 Å². The summed E-state index contributed by atoms with van der Waals surface area (Å²) in [5, 5.41) is 8.93. The molecular weight excluding hydrogens is 357 g/mol. The summed E-state index contributed by atoms with van der Waals surface area (Å²) in [6, 6.07) is 4.99. The quantitative estimate of drug-likeness (QED) is 0.469. The van der Waals surface area contributed by atoms with Crippen LogP contribution in [0.15, 0.2) is 22.5 Å². The van der Waals surface area contributed by atoms with Gasteiger partial charge in [-0.3, -0.25) is 4.99 Å². The van der Waals surface area contributed by atoms with Crippen LogP contribution in [0, 0.1) is 5.92 Å². The Morgan fingerprint density at radius 1 is 1.56 bits per heavy atom. The molecule has 1 saturated carbocycles. The molecule has 1 atom stereocenters. The maximum atomic E-state index is 4.23. The second-order valence-electron chi connectivity index (χ2n) is 4.76. The minimum atomic E-state index is 0. The normalized spacial score (nSPS) is 16.9. The molecule has 2 N–H and O–H groups in total. The van der Waals surface area contributed by atoms with Crippen molar-refractivity contribution in [2.24, 2.45) is 10.9 Å². The Morgan fingerprint density at radius 3 is 2.89 bits per heavy atom. The van der Waals surface area contributed by atoms with Gasteiger partial charge in [0.2, 0.25) is 0 Å². The summed E-state index contributed by atoms with van der Waals surface area (Å²) in [6.45, 7) is 3.25. The molecule has 0 aromatic carbocycles. The fourth-order valence-corrected chi connectivity index (χ4v) is 2.60. The highest BCUT2D eigenvalue weighted by Gasteiger charge is 2.22. The number of nitrogens with zero attached hydrogens (tertiary/aromatic N) is 1. The molecule has 18 heavy (non-hydrogen) atoms. The predicted molar refractivity (Wildman–Crippen MR) is 90.1 cm³/mol. The van der Waals surface area contributed by atoms with Crippen molar-refractivity contribution >= 4 is 41.3 Å². The van der Waals surface area contributed by atoms with E-state index >= 15 is 0 Å². The van der Waals surface area contributed by atoms with E-state index in [1.165, 1.54) is 17.7 Å². The Labute approximate surface area is 130 Å². The molecule has 1 aliphatic carbocycles. The molecular formula is C13H22IN3S. The molecule has 1 aliphatic rings. The molecule has 0 spiro atoms. The first-order valence-electron chi connectivity index (χ1n) is 6.27. The number of hydrogen-bond donors (Lipinski definition) is 2. The molecule has 1 unspecified atom stereocenters. The number of guanidine groups is 1. The summed E-state index contributed by atoms with van der Waals surface area (Å²) >= 11 is 1.84. The molecule has 1 aromatic rings. The Morgan fingerprint density at radius 2 is 2.33 bits per heavy atom. The third kappa shape index (κ3) is 5.56. The molecule has 5 heteroatoms. The summed E-state index contributed by atoms with van der Waals surface area (Å²) in [5.74, 6) is 1.58. The van der Waals surface area contributed by atoms with E-state index in [9.17, 15) is 0 Å². The van der Waals surface area contributed by atoms with Gasteiger partial charge in [-0.1, -0.05) is 13.0 Å². The van der Waals surface area contributed by atoms with Crippen molar-refractivity contribution in [1.82, 2.24) is 10.6 Å². The summed E-state index contributed by atoms with van der Waals surface area (Å²) in [7, 11) is 1.83. The van der Waals surface area contributed by atoms with E-state index in [4.69, 9.17) is 0 Å². The van der Waals surface area contributed by atoms with Gasteiger partial charge in [-0.15, -0.1) is 35.3 Å². The highest BCUT2D eigenvalue weighted by Crippen LogP contribution is 2.18. The van der Waals surface area contributed by atoms with Crippen LogP contribution in [-0.2, 0) is 6.42 Å². The predicted octanol–water partition coefficient (Wildman–Crippen LogP) is 2.87. The van der Waals surface area contributed by atoms with E-state index in [0.29, 0.717) is 12.0 Å². The van der Waals surface area contributed by atoms with Gasteiger partial charge in [-0.05, 0) is 36.6 Å². The third-order valence-corrected chi connectivity index (χ3v) is 3.79. The molecule has 0 radical (unpaired) electrons. The van der Waals surface area contributed by atoms with Crippen molar-refractivity contribution in [3.63, 3.8) is 0 Å². The average Bonchev–Trinajstić information content (AvgIpc) is 3.00. The molecule has 102 valence electrons. The smallest absolute Gasteiger partial charge is 0.191 e. The van der Waals surface area contributed by atoms with Gasteiger partial charge in [0.1, 0.15) is 0 Å². The van der Waals surface area contributed by atoms with Gasteiger partial charge in [0.15, 0.2) is 5.96 Å². The lowest BCUT2D eigenvalue weighted by molar-refractivity contribution is 0.562. The maximum absolute atomic E-state index is 4.23. The van der Waals surface area contributed by atoms with Crippen LogP contribution >= 0.6 is 35.3 Å². The number of thiophene rings is 1. The maximum Gasteiger partial charge on any atom is 0.191 e. The van der Waals surface area contributed by atoms with Gasteiger partial charge < -0.3 is 10.6 Å². The van der Waals surface area contributed by atoms with Gasteiger partial charge in [0.05, 0.1) is 0 Å². The molecule has 2 rings (SSSR count). The van der Waals surface area contributed by atoms with Crippen LogP contribution in [0.3, 0.4) is 0 Å². The fraction of sp³-hybridized carbons (Fsp3) is 0.615. The van der Waals surface area contributed by atoms with Crippen molar-refractivity contribution in [2.75, 3.05) is 13.6 Å². The van der Waals surface area contributed by atoms with Crippen LogP contribution in [0.1, 0.15) is 24.6 Å². The van der Waals surface area contributed by atoms with Gasteiger partial charge in [0, 0.05) is 24.5 Å². The number of halogens is 1. The van der Waals surface area contributed by atoms with Gasteiger partial charge in [-0.2, -0.15) is 0 Å². The minimum absolute atomic E-state index is 0. The van der Waals surface area contributed by atoms with Crippen LogP contribution in [0.5, 0.6) is 0 Å². The standard InChI is InChI=1S/C13H21N3S.HI/c1-10(8-12-4-3-7-17-12)9-15-13(14-2)16-11-5-6-11;/h3-4,7,10-11H,5-6,8-9H2,1-2H3,(H2,14,15,16);1H. The van der Waals surface area contributed by atoms with E-state index in [2.05, 4.69) is 40.1 Å². The summed E-state index contributed by atoms with van der Waals surface area (Å²) in [6.07, 6.45) is 3.71. The van der Waals surface area contributed by atoms with Crippen molar-refractivity contribution in [3.8, 4) is 0 Å². The van der Waals surface area contributed by atoms with Gasteiger partial charge in [0.25, 0.3) is 0 Å². The van der Waals surface area contributed by atoms with Crippen LogP contribution in [0.2, 0.25) is 0 Å². The van der Waals surface area contributed by atoms with Crippen LogP contribution in [0.4, 0.5) is 0 Å². The first-order valence-corrected chi connectivity index (χ1v) is 7.15. The Kier molecular flexibility index (Phi) is 6.99. The van der Waals surface area contributed by atoms with Crippen LogP contribution < -0.4 is 10.6 Å². The van der Waals surface area contributed by atoms with Crippen molar-refractivity contribution < 1.29 is 0 Å². The second kappa shape index (κ2) is 7.99. The number of rotatable bonds is 5. The number of hydrogen-bond acceptors (Lipinski definition) is 2. The van der Waals surface area contributed by atoms with Crippen LogP contribution in [0.25, 0.3) is 0 Å². The van der Waals surface area contributed by atoms with E-state index in [1.807, 2.05) is 18.4 Å². The fourth-order valence-electron chi connectivity index (χ4n) is 1.73. The van der Waals surface area contributed by atoms with E-state index in [-0.39, 0.29) is 24.0 Å². The van der Waals surface area contributed by atoms with E-state index in [1.54, 1.807) is 0 Å². The molecule has 0 bridgehead atoms. The van der Waals surface area contributed by atoms with E-state index in [0.717, 1.165) is 18.9 Å². The summed E-state index contributed by atoms with van der Waals surface area (Å²) < 4.78 is 0. The van der Waals surface area contributed by atoms with Crippen molar-refractivity contribution in [1.29, 1.82) is 0 Å². The lowest BCUT2D eigenvalue weighted by Crippen LogP contribution is -2.40. The molecule has 1 fully saturated rings. The molecule has 3 nitrogen and oxygen atoms in total. The molecule has 1 aromatic heterocycles. The average molecular weight is 379 g/mol. The highest BCUT2D eigenvalue weighted by molar-refractivity contribution is 14.0. The SMILES string of the molecule is CN=C(NCC(C)Cc1cccs1)NC1CC1.I. The van der Waals surface area contributed by atoms with E-state index < -0.39 is 0 Å². The van der Waals surface area contributed by atoms with Crippen molar-refractivity contribution in [3.05, 3.63) is 22.4 Å². The Bertz CT molecular complexity index is 360. The third-order valence-electron chi connectivity index (χ3n) is 2.89.